The number of carbonyl (C=O) groups excluding carboxylic acids is 2. The molecule has 1 aliphatic rings. The minimum Gasteiger partial charge on any atom is -0.359 e. The molecule has 2 aromatic rings. The third-order valence-corrected chi connectivity index (χ3v) is 3.43. The molecule has 0 atom stereocenters. The van der Waals surface area contributed by atoms with Crippen LogP contribution in [0.5, 0.6) is 0 Å². The topological polar surface area (TPSA) is 87.5 Å². The van der Waals surface area contributed by atoms with Crippen molar-refractivity contribution in [1.29, 1.82) is 0 Å². The molecular weight excluding hydrogens is 310 g/mol. The van der Waals surface area contributed by atoms with Gasteiger partial charge in [0, 0.05) is 19.2 Å². The lowest BCUT2D eigenvalue weighted by Crippen LogP contribution is -2.29. The number of aromatic nitrogens is 1. The van der Waals surface area contributed by atoms with Crippen LogP contribution in [0, 0.1) is 18.6 Å². The summed E-state index contributed by atoms with van der Waals surface area (Å²) in [5.41, 5.74) is -0.269. The second-order valence-corrected chi connectivity index (χ2v) is 4.92. The van der Waals surface area contributed by atoms with Gasteiger partial charge < -0.3 is 15.2 Å². The summed E-state index contributed by atoms with van der Waals surface area (Å²) in [6.45, 7) is 2.15. The normalized spacial score (nSPS) is 14.0. The highest BCUT2D eigenvalue weighted by Gasteiger charge is 2.26. The van der Waals surface area contributed by atoms with Crippen LogP contribution < -0.4 is 15.5 Å². The maximum absolute atomic E-state index is 13.9. The van der Waals surface area contributed by atoms with Gasteiger partial charge in [-0.25, -0.2) is 13.6 Å². The zero-order valence-corrected chi connectivity index (χ0v) is 12.0. The molecule has 0 radical (unpaired) electrons. The number of amides is 3. The molecule has 0 saturated carbocycles. The van der Waals surface area contributed by atoms with E-state index in [9.17, 15) is 18.4 Å². The van der Waals surface area contributed by atoms with Crippen molar-refractivity contribution in [2.45, 2.75) is 6.92 Å². The summed E-state index contributed by atoms with van der Waals surface area (Å²) in [5.74, 6) is -2.40. The summed E-state index contributed by atoms with van der Waals surface area (Å²) in [6, 6.07) is 1.08. The molecule has 2 N–H and O–H groups in total. The van der Waals surface area contributed by atoms with Gasteiger partial charge in [-0.05, 0) is 13.0 Å². The van der Waals surface area contributed by atoms with Gasteiger partial charge >= 0.3 is 6.03 Å². The summed E-state index contributed by atoms with van der Waals surface area (Å²) >= 11 is 0. The van der Waals surface area contributed by atoms with E-state index in [2.05, 4.69) is 15.8 Å². The third-order valence-electron chi connectivity index (χ3n) is 3.43. The average molecular weight is 322 g/mol. The maximum atomic E-state index is 13.9. The fourth-order valence-electron chi connectivity index (χ4n) is 2.23. The summed E-state index contributed by atoms with van der Waals surface area (Å²) in [7, 11) is 0. The van der Waals surface area contributed by atoms with Crippen molar-refractivity contribution < 1.29 is 22.9 Å². The Morgan fingerprint density at radius 1 is 1.39 bits per heavy atom. The zero-order chi connectivity index (χ0) is 16.6. The number of hydrogen-bond acceptors (Lipinski definition) is 4. The van der Waals surface area contributed by atoms with Crippen LogP contribution in [-0.2, 0) is 0 Å². The van der Waals surface area contributed by atoms with Crippen LogP contribution in [0.25, 0.3) is 0 Å². The summed E-state index contributed by atoms with van der Waals surface area (Å²) in [6.07, 6.45) is 1.27. The third kappa shape index (κ3) is 2.72. The van der Waals surface area contributed by atoms with Crippen LogP contribution in [-0.4, -0.2) is 30.2 Å². The molecule has 1 aromatic carbocycles. The molecule has 0 aliphatic carbocycles. The molecule has 1 aromatic heterocycles. The Kier molecular flexibility index (Phi) is 3.68. The standard InChI is InChI=1S/C14H12F2N4O3/c1-7-11(6-18-23-7)19-13(21)8-4-12(10(16)5-9(8)15)20-3-2-17-14(20)22/h4-6H,2-3H2,1H3,(H,17,22)(H,19,21). The molecule has 0 unspecified atom stereocenters. The van der Waals surface area contributed by atoms with Crippen molar-refractivity contribution in [2.75, 3.05) is 23.3 Å². The fraction of sp³-hybridized carbons (Fsp3) is 0.214. The first-order valence-electron chi connectivity index (χ1n) is 6.74. The van der Waals surface area contributed by atoms with E-state index >= 15 is 0 Å². The monoisotopic (exact) mass is 322 g/mol. The van der Waals surface area contributed by atoms with E-state index in [1.807, 2.05) is 0 Å². The number of aryl methyl sites for hydroxylation is 1. The highest BCUT2D eigenvalue weighted by Crippen LogP contribution is 2.25. The lowest BCUT2D eigenvalue weighted by molar-refractivity contribution is 0.102. The van der Waals surface area contributed by atoms with Crippen LogP contribution in [0.1, 0.15) is 16.1 Å². The molecule has 3 rings (SSSR count). The van der Waals surface area contributed by atoms with Gasteiger partial charge in [0.05, 0.1) is 17.4 Å². The molecule has 7 nitrogen and oxygen atoms in total. The van der Waals surface area contributed by atoms with E-state index in [0.29, 0.717) is 18.4 Å². The van der Waals surface area contributed by atoms with Crippen molar-refractivity contribution in [3.05, 3.63) is 41.3 Å². The number of halogens is 2. The van der Waals surface area contributed by atoms with E-state index in [-0.39, 0.29) is 23.5 Å². The lowest BCUT2D eigenvalue weighted by atomic mass is 10.1. The molecule has 0 spiro atoms. The zero-order valence-electron chi connectivity index (χ0n) is 12.0. The largest absolute Gasteiger partial charge is 0.359 e. The first-order chi connectivity index (χ1) is 11.0. The highest BCUT2D eigenvalue weighted by atomic mass is 19.1. The predicted octanol–water partition coefficient (Wildman–Crippen LogP) is 2.04. The molecule has 1 fully saturated rings. The average Bonchev–Trinajstić information content (AvgIpc) is 3.08. The molecule has 1 aliphatic heterocycles. The molecule has 120 valence electrons. The molecule has 23 heavy (non-hydrogen) atoms. The van der Waals surface area contributed by atoms with Gasteiger partial charge in [-0.15, -0.1) is 0 Å². The summed E-state index contributed by atoms with van der Waals surface area (Å²) in [5, 5.41) is 8.42. The van der Waals surface area contributed by atoms with Crippen LogP contribution >= 0.6 is 0 Å². The SMILES string of the molecule is Cc1oncc1NC(=O)c1cc(N2CCNC2=O)c(F)cc1F. The summed E-state index contributed by atoms with van der Waals surface area (Å²) in [4.78, 5) is 24.9. The van der Waals surface area contributed by atoms with E-state index in [1.165, 1.54) is 6.20 Å². The Balaban J connectivity index is 1.94. The van der Waals surface area contributed by atoms with Gasteiger partial charge in [0.1, 0.15) is 17.3 Å². The van der Waals surface area contributed by atoms with E-state index in [1.54, 1.807) is 6.92 Å². The van der Waals surface area contributed by atoms with Crippen molar-refractivity contribution in [1.82, 2.24) is 10.5 Å². The minimum absolute atomic E-state index is 0.159. The van der Waals surface area contributed by atoms with Gasteiger partial charge in [-0.3, -0.25) is 9.69 Å². The first kappa shape index (κ1) is 14.9. The van der Waals surface area contributed by atoms with Crippen molar-refractivity contribution >= 4 is 23.3 Å². The van der Waals surface area contributed by atoms with Gasteiger partial charge in [-0.2, -0.15) is 0 Å². The van der Waals surface area contributed by atoms with E-state index in [0.717, 1.165) is 11.0 Å². The molecule has 0 bridgehead atoms. The molecule has 9 heteroatoms. The fourth-order valence-corrected chi connectivity index (χ4v) is 2.23. The number of rotatable bonds is 3. The predicted molar refractivity (Wildman–Crippen MR) is 76.3 cm³/mol. The van der Waals surface area contributed by atoms with Crippen LogP contribution in [0.4, 0.5) is 25.0 Å². The Hall–Kier alpha value is -2.97. The molecule has 1 saturated heterocycles. The second-order valence-electron chi connectivity index (χ2n) is 4.92. The summed E-state index contributed by atoms with van der Waals surface area (Å²) < 4.78 is 32.7. The number of benzene rings is 1. The second kappa shape index (κ2) is 5.67. The van der Waals surface area contributed by atoms with Gasteiger partial charge in [-0.1, -0.05) is 5.16 Å². The number of nitrogens with zero attached hydrogens (tertiary/aromatic N) is 2. The Morgan fingerprint density at radius 2 is 2.17 bits per heavy atom. The number of anilines is 2. The van der Waals surface area contributed by atoms with E-state index in [4.69, 9.17) is 4.52 Å². The molecule has 3 amide bonds. The van der Waals surface area contributed by atoms with Gasteiger partial charge in [0.15, 0.2) is 5.76 Å². The Bertz CT molecular complexity index is 790. The van der Waals surface area contributed by atoms with Crippen LogP contribution in [0.2, 0.25) is 0 Å². The smallest absolute Gasteiger partial charge is 0.322 e. The number of hydrogen-bond donors (Lipinski definition) is 2. The van der Waals surface area contributed by atoms with Crippen molar-refractivity contribution in [3.8, 4) is 0 Å². The quantitative estimate of drug-likeness (QED) is 0.905. The first-order valence-corrected chi connectivity index (χ1v) is 6.74. The number of nitrogens with one attached hydrogen (secondary N) is 2. The van der Waals surface area contributed by atoms with E-state index < -0.39 is 23.6 Å². The van der Waals surface area contributed by atoms with Gasteiger partial charge in [0.25, 0.3) is 5.91 Å². The lowest BCUT2D eigenvalue weighted by Gasteiger charge is -2.16. The van der Waals surface area contributed by atoms with Crippen LogP contribution in [0.15, 0.2) is 22.9 Å². The minimum atomic E-state index is -1.03. The van der Waals surface area contributed by atoms with Crippen molar-refractivity contribution in [2.24, 2.45) is 0 Å². The van der Waals surface area contributed by atoms with Crippen molar-refractivity contribution in [3.63, 3.8) is 0 Å². The Morgan fingerprint density at radius 3 is 2.78 bits per heavy atom. The van der Waals surface area contributed by atoms with Crippen LogP contribution in [0.3, 0.4) is 0 Å². The molecular formula is C14H12F2N4O3. The highest BCUT2D eigenvalue weighted by molar-refractivity contribution is 6.06. The maximum Gasteiger partial charge on any atom is 0.322 e. The number of carbonyl (C=O) groups is 2. The molecule has 2 heterocycles. The Labute approximate surface area is 129 Å². The number of urea groups is 1. The van der Waals surface area contributed by atoms with Gasteiger partial charge in [0.2, 0.25) is 0 Å².